The van der Waals surface area contributed by atoms with Gasteiger partial charge in [-0.2, -0.15) is 13.2 Å². The van der Waals surface area contributed by atoms with Crippen molar-refractivity contribution in [2.45, 2.75) is 70.4 Å². The molecule has 2 atom stereocenters. The van der Waals surface area contributed by atoms with Gasteiger partial charge >= 0.3 is 6.18 Å². The van der Waals surface area contributed by atoms with Gasteiger partial charge in [-0.1, -0.05) is 0 Å². The second kappa shape index (κ2) is 7.45. The Morgan fingerprint density at radius 2 is 1.90 bits per heavy atom. The van der Waals surface area contributed by atoms with Gasteiger partial charge in [-0.3, -0.25) is 4.79 Å². The van der Waals surface area contributed by atoms with Crippen molar-refractivity contribution < 1.29 is 27.4 Å². The fraction of sp³-hybridized carbons (Fsp3) is 0.929. The molecule has 4 nitrogen and oxygen atoms in total. The third-order valence-electron chi connectivity index (χ3n) is 3.11. The van der Waals surface area contributed by atoms with E-state index in [-0.39, 0.29) is 18.6 Å². The number of amides is 1. The van der Waals surface area contributed by atoms with Crippen molar-refractivity contribution in [1.82, 2.24) is 5.32 Å². The van der Waals surface area contributed by atoms with Crippen molar-refractivity contribution in [3.8, 4) is 0 Å². The highest BCUT2D eigenvalue weighted by molar-refractivity contribution is 5.77. The van der Waals surface area contributed by atoms with Gasteiger partial charge in [-0.15, -0.1) is 0 Å². The van der Waals surface area contributed by atoms with Gasteiger partial charge in [0.25, 0.3) is 0 Å². The van der Waals surface area contributed by atoms with Gasteiger partial charge in [0.15, 0.2) is 0 Å². The van der Waals surface area contributed by atoms with Crippen molar-refractivity contribution in [2.24, 2.45) is 0 Å². The van der Waals surface area contributed by atoms with Crippen LogP contribution in [0.3, 0.4) is 0 Å². The number of nitrogens with one attached hydrogen (secondary N) is 1. The minimum Gasteiger partial charge on any atom is -0.369 e. The highest BCUT2D eigenvalue weighted by Gasteiger charge is 2.31. The maximum absolute atomic E-state index is 12.1. The molecule has 7 heteroatoms. The zero-order chi connectivity index (χ0) is 16.1. The van der Waals surface area contributed by atoms with Crippen LogP contribution in [0.2, 0.25) is 0 Å². The van der Waals surface area contributed by atoms with E-state index in [9.17, 15) is 18.0 Å². The molecule has 124 valence electrons. The Kier molecular flexibility index (Phi) is 6.46. The van der Waals surface area contributed by atoms with E-state index in [1.807, 2.05) is 20.8 Å². The maximum atomic E-state index is 12.1. The van der Waals surface area contributed by atoms with Gasteiger partial charge in [0, 0.05) is 6.04 Å². The quantitative estimate of drug-likeness (QED) is 0.849. The molecule has 0 aliphatic heterocycles. The molecule has 0 heterocycles. The van der Waals surface area contributed by atoms with Crippen LogP contribution in [0.1, 0.15) is 46.5 Å². The average Bonchev–Trinajstić information content (AvgIpc) is 2.33. The number of ether oxygens (including phenoxy) is 2. The SMILES string of the molecule is CC(C)(C)OCC(=O)NC1CCCC(OCC(F)(F)F)C1. The molecule has 1 saturated carbocycles. The molecule has 1 amide bonds. The molecule has 0 saturated heterocycles. The lowest BCUT2D eigenvalue weighted by Gasteiger charge is -2.30. The van der Waals surface area contributed by atoms with Crippen LogP contribution >= 0.6 is 0 Å². The smallest absolute Gasteiger partial charge is 0.369 e. The summed E-state index contributed by atoms with van der Waals surface area (Å²) in [6, 6.07) is -0.145. The van der Waals surface area contributed by atoms with Crippen LogP contribution < -0.4 is 5.32 Å². The first-order valence-corrected chi connectivity index (χ1v) is 7.17. The zero-order valence-corrected chi connectivity index (χ0v) is 12.8. The molecule has 0 aromatic rings. The van der Waals surface area contributed by atoms with Crippen LogP contribution in [-0.4, -0.2) is 43.0 Å². The fourth-order valence-electron chi connectivity index (χ4n) is 2.19. The van der Waals surface area contributed by atoms with E-state index in [0.29, 0.717) is 12.8 Å². The monoisotopic (exact) mass is 311 g/mol. The van der Waals surface area contributed by atoms with Crippen LogP contribution in [0, 0.1) is 0 Å². The minimum atomic E-state index is -4.31. The summed E-state index contributed by atoms with van der Waals surface area (Å²) in [7, 11) is 0. The number of carbonyl (C=O) groups is 1. The van der Waals surface area contributed by atoms with Crippen molar-refractivity contribution in [3.63, 3.8) is 0 Å². The Hall–Kier alpha value is -0.820. The largest absolute Gasteiger partial charge is 0.411 e. The lowest BCUT2D eigenvalue weighted by atomic mass is 9.93. The first-order chi connectivity index (χ1) is 9.55. The van der Waals surface area contributed by atoms with Crippen LogP contribution in [0.5, 0.6) is 0 Å². The molecule has 21 heavy (non-hydrogen) atoms. The number of rotatable bonds is 5. The molecule has 1 fully saturated rings. The normalized spacial score (nSPS) is 23.9. The van der Waals surface area contributed by atoms with E-state index in [0.717, 1.165) is 12.8 Å². The summed E-state index contributed by atoms with van der Waals surface area (Å²) in [5.74, 6) is -0.244. The van der Waals surface area contributed by atoms with Crippen LogP contribution in [-0.2, 0) is 14.3 Å². The minimum absolute atomic E-state index is 0.0475. The lowest BCUT2D eigenvalue weighted by Crippen LogP contribution is -2.43. The summed E-state index contributed by atoms with van der Waals surface area (Å²) in [6.45, 7) is 4.27. The van der Waals surface area contributed by atoms with E-state index in [4.69, 9.17) is 9.47 Å². The summed E-state index contributed by atoms with van der Waals surface area (Å²) in [6.07, 6.45) is -2.25. The Morgan fingerprint density at radius 1 is 1.24 bits per heavy atom. The van der Waals surface area contributed by atoms with E-state index >= 15 is 0 Å². The topological polar surface area (TPSA) is 47.6 Å². The molecule has 2 unspecified atom stereocenters. The summed E-state index contributed by atoms with van der Waals surface area (Å²) in [5.41, 5.74) is -0.401. The number of carbonyl (C=O) groups excluding carboxylic acids is 1. The standard InChI is InChI=1S/C14H24F3NO3/c1-13(2,3)21-8-12(19)18-10-5-4-6-11(7-10)20-9-14(15,16)17/h10-11H,4-9H2,1-3H3,(H,18,19). The van der Waals surface area contributed by atoms with Crippen molar-refractivity contribution in [2.75, 3.05) is 13.2 Å². The van der Waals surface area contributed by atoms with E-state index < -0.39 is 24.5 Å². The van der Waals surface area contributed by atoms with Crippen LogP contribution in [0.4, 0.5) is 13.2 Å². The summed E-state index contributed by atoms with van der Waals surface area (Å²) < 4.78 is 46.6. The van der Waals surface area contributed by atoms with Gasteiger partial charge in [-0.05, 0) is 46.5 Å². The third-order valence-corrected chi connectivity index (χ3v) is 3.11. The fourth-order valence-corrected chi connectivity index (χ4v) is 2.19. The molecule has 0 aromatic carbocycles. The Labute approximate surface area is 123 Å². The molecule has 1 rings (SSSR count). The molecule has 0 spiro atoms. The van der Waals surface area contributed by atoms with E-state index in [2.05, 4.69) is 5.32 Å². The van der Waals surface area contributed by atoms with Gasteiger partial charge in [0.2, 0.25) is 5.91 Å². The Morgan fingerprint density at radius 3 is 2.48 bits per heavy atom. The summed E-state index contributed by atoms with van der Waals surface area (Å²) >= 11 is 0. The van der Waals surface area contributed by atoms with Crippen LogP contribution in [0.25, 0.3) is 0 Å². The van der Waals surface area contributed by atoms with Crippen molar-refractivity contribution in [3.05, 3.63) is 0 Å². The number of halogens is 3. The second-order valence-electron chi connectivity index (χ2n) is 6.38. The Bertz CT molecular complexity index is 339. The summed E-state index contributed by atoms with van der Waals surface area (Å²) in [4.78, 5) is 11.7. The van der Waals surface area contributed by atoms with Crippen LogP contribution in [0.15, 0.2) is 0 Å². The molecular weight excluding hydrogens is 287 g/mol. The average molecular weight is 311 g/mol. The molecule has 1 aliphatic rings. The van der Waals surface area contributed by atoms with E-state index in [1.165, 1.54) is 0 Å². The highest BCUT2D eigenvalue weighted by Crippen LogP contribution is 2.24. The molecule has 0 radical (unpaired) electrons. The first kappa shape index (κ1) is 18.2. The van der Waals surface area contributed by atoms with E-state index in [1.54, 1.807) is 0 Å². The maximum Gasteiger partial charge on any atom is 0.411 e. The highest BCUT2D eigenvalue weighted by atomic mass is 19.4. The third kappa shape index (κ3) is 8.93. The van der Waals surface area contributed by atoms with Crippen molar-refractivity contribution in [1.29, 1.82) is 0 Å². The molecule has 0 bridgehead atoms. The predicted molar refractivity (Wildman–Crippen MR) is 71.9 cm³/mol. The first-order valence-electron chi connectivity index (χ1n) is 7.17. The van der Waals surface area contributed by atoms with Gasteiger partial charge in [0.05, 0.1) is 11.7 Å². The number of alkyl halides is 3. The van der Waals surface area contributed by atoms with Gasteiger partial charge in [0.1, 0.15) is 13.2 Å². The second-order valence-corrected chi connectivity index (χ2v) is 6.38. The van der Waals surface area contributed by atoms with Crippen molar-refractivity contribution >= 4 is 5.91 Å². The molecule has 1 aliphatic carbocycles. The molecule has 1 N–H and O–H groups in total. The number of hydrogen-bond acceptors (Lipinski definition) is 3. The Balaban J connectivity index is 2.30. The predicted octanol–water partition coefficient (Wildman–Crippen LogP) is 2.81. The lowest BCUT2D eigenvalue weighted by molar-refractivity contribution is -0.188. The molecular formula is C14H24F3NO3. The van der Waals surface area contributed by atoms with Gasteiger partial charge < -0.3 is 14.8 Å². The molecule has 0 aromatic heterocycles. The zero-order valence-electron chi connectivity index (χ0n) is 12.8. The number of hydrogen-bond donors (Lipinski definition) is 1. The summed E-state index contributed by atoms with van der Waals surface area (Å²) in [5, 5.41) is 2.79. The van der Waals surface area contributed by atoms with Gasteiger partial charge in [-0.25, -0.2) is 0 Å².